The van der Waals surface area contributed by atoms with E-state index in [0.29, 0.717) is 24.5 Å². The number of carbonyl (C=O) groups excluding carboxylic acids is 2. The lowest BCUT2D eigenvalue weighted by Gasteiger charge is -2.29. The third-order valence-electron chi connectivity index (χ3n) is 3.05. The van der Waals surface area contributed by atoms with Crippen LogP contribution >= 0.6 is 0 Å². The molecular weight excluding hydrogens is 258 g/mol. The van der Waals surface area contributed by atoms with E-state index < -0.39 is 0 Å². The first-order valence-corrected chi connectivity index (χ1v) is 6.60. The highest BCUT2D eigenvalue weighted by atomic mass is 16.5. The highest BCUT2D eigenvalue weighted by Gasteiger charge is 2.28. The number of benzene rings is 1. The van der Waals surface area contributed by atoms with E-state index in [4.69, 9.17) is 4.74 Å². The maximum Gasteiger partial charge on any atom is 0.244 e. The van der Waals surface area contributed by atoms with Crippen molar-refractivity contribution in [2.45, 2.75) is 26.0 Å². The van der Waals surface area contributed by atoms with Crippen LogP contribution in [0.25, 0.3) is 0 Å². The van der Waals surface area contributed by atoms with Gasteiger partial charge in [0.05, 0.1) is 12.7 Å². The molecule has 6 heteroatoms. The first kappa shape index (κ1) is 14.5. The number of carbonyl (C=O) groups is 2. The smallest absolute Gasteiger partial charge is 0.244 e. The van der Waals surface area contributed by atoms with Gasteiger partial charge >= 0.3 is 0 Å². The molecule has 1 aromatic carbocycles. The molecule has 1 saturated heterocycles. The van der Waals surface area contributed by atoms with Gasteiger partial charge in [-0.3, -0.25) is 9.59 Å². The molecule has 2 amide bonds. The van der Waals surface area contributed by atoms with Crippen molar-refractivity contribution < 1.29 is 14.3 Å². The van der Waals surface area contributed by atoms with E-state index in [2.05, 4.69) is 16.0 Å². The number of morpholine rings is 1. The molecule has 1 aliphatic rings. The van der Waals surface area contributed by atoms with Crippen LogP contribution in [0.3, 0.4) is 0 Å². The summed E-state index contributed by atoms with van der Waals surface area (Å²) >= 11 is 0. The van der Waals surface area contributed by atoms with Crippen LogP contribution in [-0.2, 0) is 14.3 Å². The summed E-state index contributed by atoms with van der Waals surface area (Å²) in [5.74, 6) is -0.290. The molecule has 20 heavy (non-hydrogen) atoms. The van der Waals surface area contributed by atoms with Gasteiger partial charge in [0, 0.05) is 24.8 Å². The van der Waals surface area contributed by atoms with Crippen LogP contribution in [0.2, 0.25) is 0 Å². The van der Waals surface area contributed by atoms with Gasteiger partial charge < -0.3 is 20.7 Å². The Balaban J connectivity index is 2.01. The molecule has 1 heterocycles. The molecule has 1 aliphatic heterocycles. The van der Waals surface area contributed by atoms with Crippen LogP contribution in [0.15, 0.2) is 24.3 Å². The normalized spacial score (nSPS) is 22.1. The van der Waals surface area contributed by atoms with E-state index >= 15 is 0 Å². The number of rotatable bonds is 3. The topological polar surface area (TPSA) is 79.5 Å². The highest BCUT2D eigenvalue weighted by molar-refractivity contribution is 5.96. The zero-order valence-corrected chi connectivity index (χ0v) is 11.6. The zero-order valence-electron chi connectivity index (χ0n) is 11.6. The van der Waals surface area contributed by atoms with Gasteiger partial charge in [0.1, 0.15) is 6.04 Å². The van der Waals surface area contributed by atoms with Crippen LogP contribution in [0.5, 0.6) is 0 Å². The maximum atomic E-state index is 12.2. The molecule has 0 spiro atoms. The molecule has 0 radical (unpaired) electrons. The van der Waals surface area contributed by atoms with Gasteiger partial charge in [-0.25, -0.2) is 0 Å². The summed E-state index contributed by atoms with van der Waals surface area (Å²) in [6, 6.07) is 6.66. The molecular formula is C14H19N3O3. The van der Waals surface area contributed by atoms with Crippen molar-refractivity contribution in [1.29, 1.82) is 0 Å². The average Bonchev–Trinajstić information content (AvgIpc) is 2.38. The largest absolute Gasteiger partial charge is 0.375 e. The van der Waals surface area contributed by atoms with E-state index in [9.17, 15) is 9.59 Å². The lowest BCUT2D eigenvalue weighted by molar-refractivity contribution is -0.123. The quantitative estimate of drug-likeness (QED) is 0.769. The molecule has 2 atom stereocenters. The van der Waals surface area contributed by atoms with Crippen molar-refractivity contribution in [3.8, 4) is 0 Å². The van der Waals surface area contributed by atoms with Crippen molar-refractivity contribution in [2.75, 3.05) is 23.8 Å². The van der Waals surface area contributed by atoms with Crippen LogP contribution in [-0.4, -0.2) is 37.1 Å². The fraction of sp³-hybridized carbons (Fsp3) is 0.429. The summed E-state index contributed by atoms with van der Waals surface area (Å²) in [6.45, 7) is 4.58. The van der Waals surface area contributed by atoms with Crippen LogP contribution < -0.4 is 16.0 Å². The lowest BCUT2D eigenvalue weighted by atomic mass is 10.1. The first-order valence-electron chi connectivity index (χ1n) is 6.60. The standard InChI is InChI=1S/C14H19N3O3/c1-9-13(15-6-7-20-9)14(19)17-12-5-3-4-11(8-12)16-10(2)18/h3-5,8-9,13,15H,6-7H2,1-2H3,(H,16,18)(H,17,19)/t9-,13+/m1/s1. The fourth-order valence-corrected chi connectivity index (χ4v) is 2.13. The predicted molar refractivity (Wildman–Crippen MR) is 76.6 cm³/mol. The second-order valence-electron chi connectivity index (χ2n) is 4.76. The van der Waals surface area contributed by atoms with Crippen LogP contribution in [0, 0.1) is 0 Å². The molecule has 3 N–H and O–H groups in total. The Hall–Kier alpha value is -1.92. The van der Waals surface area contributed by atoms with Gasteiger partial charge in [0.15, 0.2) is 0 Å². The molecule has 0 aromatic heterocycles. The van der Waals surface area contributed by atoms with Crippen molar-refractivity contribution >= 4 is 23.2 Å². The number of amides is 2. The molecule has 1 aromatic rings. The first-order chi connectivity index (χ1) is 9.56. The molecule has 2 rings (SSSR count). The number of hydrogen-bond donors (Lipinski definition) is 3. The van der Waals surface area contributed by atoms with Gasteiger partial charge in [0.25, 0.3) is 0 Å². The Labute approximate surface area is 117 Å². The third kappa shape index (κ3) is 3.79. The Morgan fingerprint density at radius 3 is 2.65 bits per heavy atom. The Morgan fingerprint density at radius 2 is 2.00 bits per heavy atom. The predicted octanol–water partition coefficient (Wildman–Crippen LogP) is 0.960. The maximum absolute atomic E-state index is 12.2. The monoisotopic (exact) mass is 277 g/mol. The molecule has 0 unspecified atom stereocenters. The minimum Gasteiger partial charge on any atom is -0.375 e. The minimum atomic E-state index is -0.367. The van der Waals surface area contributed by atoms with E-state index in [1.165, 1.54) is 6.92 Å². The SMILES string of the molecule is CC(=O)Nc1cccc(NC(=O)[C@H]2NCCO[C@@H]2C)c1. The van der Waals surface area contributed by atoms with Gasteiger partial charge in [-0.2, -0.15) is 0 Å². The Morgan fingerprint density at radius 1 is 1.30 bits per heavy atom. The van der Waals surface area contributed by atoms with Crippen molar-refractivity contribution in [3.63, 3.8) is 0 Å². The van der Waals surface area contributed by atoms with E-state index in [1.54, 1.807) is 24.3 Å². The van der Waals surface area contributed by atoms with E-state index in [1.807, 2.05) is 6.92 Å². The van der Waals surface area contributed by atoms with Gasteiger partial charge in [0.2, 0.25) is 11.8 Å². The highest BCUT2D eigenvalue weighted by Crippen LogP contribution is 2.16. The molecule has 108 valence electrons. The summed E-state index contributed by atoms with van der Waals surface area (Å²) in [6.07, 6.45) is -0.165. The molecule has 6 nitrogen and oxygen atoms in total. The van der Waals surface area contributed by atoms with Crippen LogP contribution in [0.4, 0.5) is 11.4 Å². The van der Waals surface area contributed by atoms with Gasteiger partial charge in [-0.1, -0.05) is 6.07 Å². The molecule has 0 bridgehead atoms. The summed E-state index contributed by atoms with van der Waals surface area (Å²) in [5.41, 5.74) is 1.29. The van der Waals surface area contributed by atoms with E-state index in [0.717, 1.165) is 0 Å². The summed E-state index contributed by atoms with van der Waals surface area (Å²) in [7, 11) is 0. The van der Waals surface area contributed by atoms with Crippen molar-refractivity contribution in [3.05, 3.63) is 24.3 Å². The zero-order chi connectivity index (χ0) is 14.5. The third-order valence-corrected chi connectivity index (χ3v) is 3.05. The average molecular weight is 277 g/mol. The number of hydrogen-bond acceptors (Lipinski definition) is 4. The van der Waals surface area contributed by atoms with Gasteiger partial charge in [-0.15, -0.1) is 0 Å². The minimum absolute atomic E-state index is 0.142. The second kappa shape index (κ2) is 6.49. The van der Waals surface area contributed by atoms with Crippen molar-refractivity contribution in [1.82, 2.24) is 5.32 Å². The van der Waals surface area contributed by atoms with Gasteiger partial charge in [-0.05, 0) is 25.1 Å². The molecule has 0 saturated carbocycles. The summed E-state index contributed by atoms with van der Waals surface area (Å²) in [4.78, 5) is 23.2. The Bertz CT molecular complexity index is 504. The van der Waals surface area contributed by atoms with Crippen LogP contribution in [0.1, 0.15) is 13.8 Å². The second-order valence-corrected chi connectivity index (χ2v) is 4.76. The fourth-order valence-electron chi connectivity index (χ4n) is 2.13. The molecule has 0 aliphatic carbocycles. The summed E-state index contributed by atoms with van der Waals surface area (Å²) in [5, 5.41) is 8.63. The lowest BCUT2D eigenvalue weighted by Crippen LogP contribution is -2.53. The number of ether oxygens (including phenoxy) is 1. The summed E-state index contributed by atoms with van der Waals surface area (Å²) < 4.78 is 5.45. The number of anilines is 2. The number of nitrogens with one attached hydrogen (secondary N) is 3. The van der Waals surface area contributed by atoms with Crippen molar-refractivity contribution in [2.24, 2.45) is 0 Å². The Kier molecular flexibility index (Phi) is 4.70. The van der Waals surface area contributed by atoms with E-state index in [-0.39, 0.29) is 24.0 Å². The molecule has 1 fully saturated rings.